The monoisotopic (exact) mass is 345 g/mol. The molecule has 0 aliphatic carbocycles. The van der Waals surface area contributed by atoms with Gasteiger partial charge in [-0.3, -0.25) is 4.90 Å². The van der Waals surface area contributed by atoms with Gasteiger partial charge in [0.05, 0.1) is 5.69 Å². The number of aromatic nitrogens is 1. The Labute approximate surface area is 144 Å². The van der Waals surface area contributed by atoms with Gasteiger partial charge in [-0.2, -0.15) is 0 Å². The molecule has 0 aliphatic rings. The molecule has 2 aromatic rings. The SMILES string of the molecule is Cc1ccc(N(C(=O)O)C(C)(C)C)cc1Oc1ccc([N+](=O)[O-])nc1. The Morgan fingerprint density at radius 2 is 1.96 bits per heavy atom. The topological polar surface area (TPSA) is 106 Å². The number of anilines is 1. The largest absolute Gasteiger partial charge is 0.465 e. The lowest BCUT2D eigenvalue weighted by Gasteiger charge is -2.33. The molecule has 1 aromatic heterocycles. The second-order valence-corrected chi connectivity index (χ2v) is 6.45. The average molecular weight is 345 g/mol. The van der Waals surface area contributed by atoms with Crippen LogP contribution in [0.3, 0.4) is 0 Å². The molecule has 25 heavy (non-hydrogen) atoms. The maximum atomic E-state index is 11.6. The van der Waals surface area contributed by atoms with Gasteiger partial charge in [0.15, 0.2) is 11.9 Å². The molecule has 2 rings (SSSR count). The third kappa shape index (κ3) is 4.23. The van der Waals surface area contributed by atoms with E-state index in [2.05, 4.69) is 4.98 Å². The van der Waals surface area contributed by atoms with E-state index in [0.29, 0.717) is 17.2 Å². The number of nitro groups is 1. The lowest BCUT2D eigenvalue weighted by Crippen LogP contribution is -2.45. The summed E-state index contributed by atoms with van der Waals surface area (Å²) >= 11 is 0. The van der Waals surface area contributed by atoms with Crippen LogP contribution < -0.4 is 9.64 Å². The zero-order chi connectivity index (χ0) is 18.8. The van der Waals surface area contributed by atoms with Gasteiger partial charge < -0.3 is 20.0 Å². The van der Waals surface area contributed by atoms with Crippen molar-refractivity contribution in [1.29, 1.82) is 0 Å². The Morgan fingerprint density at radius 3 is 2.44 bits per heavy atom. The van der Waals surface area contributed by atoms with E-state index in [1.165, 1.54) is 23.2 Å². The van der Waals surface area contributed by atoms with E-state index in [0.717, 1.165) is 5.56 Å². The summed E-state index contributed by atoms with van der Waals surface area (Å²) in [6.07, 6.45) is 0.183. The third-order valence-corrected chi connectivity index (χ3v) is 3.43. The van der Waals surface area contributed by atoms with Crippen molar-refractivity contribution >= 4 is 17.6 Å². The lowest BCUT2D eigenvalue weighted by molar-refractivity contribution is -0.389. The summed E-state index contributed by atoms with van der Waals surface area (Å²) < 4.78 is 5.72. The number of hydrogen-bond acceptors (Lipinski definition) is 5. The van der Waals surface area contributed by atoms with E-state index in [-0.39, 0.29) is 5.82 Å². The smallest absolute Gasteiger partial charge is 0.412 e. The molecule has 0 atom stereocenters. The van der Waals surface area contributed by atoms with Crippen molar-refractivity contribution in [2.75, 3.05) is 4.90 Å². The zero-order valence-electron chi connectivity index (χ0n) is 14.4. The van der Waals surface area contributed by atoms with Crippen molar-refractivity contribution in [3.05, 3.63) is 52.2 Å². The number of pyridine rings is 1. The molecular weight excluding hydrogens is 326 g/mol. The number of aryl methyl sites for hydroxylation is 1. The van der Waals surface area contributed by atoms with Crippen LogP contribution in [-0.4, -0.2) is 26.6 Å². The lowest BCUT2D eigenvalue weighted by atomic mass is 10.0. The van der Waals surface area contributed by atoms with Gasteiger partial charge in [0, 0.05) is 17.7 Å². The maximum absolute atomic E-state index is 11.6. The minimum atomic E-state index is -1.07. The molecule has 8 nitrogen and oxygen atoms in total. The number of nitrogens with zero attached hydrogens (tertiary/aromatic N) is 3. The van der Waals surface area contributed by atoms with E-state index >= 15 is 0 Å². The number of rotatable bonds is 4. The first-order valence-electron chi connectivity index (χ1n) is 7.51. The zero-order valence-corrected chi connectivity index (χ0v) is 14.4. The van der Waals surface area contributed by atoms with Crippen LogP contribution in [0.15, 0.2) is 36.5 Å². The molecule has 8 heteroatoms. The summed E-state index contributed by atoms with van der Waals surface area (Å²) in [7, 11) is 0. The molecular formula is C17H19N3O5. The first kappa shape index (κ1) is 18.2. The Kier molecular flexibility index (Phi) is 4.92. The van der Waals surface area contributed by atoms with Crippen LogP contribution in [0.25, 0.3) is 0 Å². The fraction of sp³-hybridized carbons (Fsp3) is 0.294. The van der Waals surface area contributed by atoms with Gasteiger partial charge in [0.25, 0.3) is 0 Å². The molecule has 0 spiro atoms. The first-order valence-corrected chi connectivity index (χ1v) is 7.51. The predicted octanol–water partition coefficient (Wildman–Crippen LogP) is 4.37. The van der Waals surface area contributed by atoms with Crippen molar-refractivity contribution in [2.45, 2.75) is 33.2 Å². The van der Waals surface area contributed by atoms with Gasteiger partial charge in [-0.15, -0.1) is 0 Å². The van der Waals surface area contributed by atoms with Gasteiger partial charge in [0.1, 0.15) is 5.75 Å². The summed E-state index contributed by atoms with van der Waals surface area (Å²) in [5.41, 5.74) is 0.629. The normalized spacial score (nSPS) is 11.0. The first-order chi connectivity index (χ1) is 11.6. The number of amides is 1. The minimum Gasteiger partial charge on any atom is -0.465 e. The molecule has 0 bridgehead atoms. The minimum absolute atomic E-state index is 0.275. The number of carboxylic acid groups (broad SMARTS) is 1. The van der Waals surface area contributed by atoms with Gasteiger partial charge >= 0.3 is 11.9 Å². The van der Waals surface area contributed by atoms with E-state index in [9.17, 15) is 20.0 Å². The highest BCUT2D eigenvalue weighted by Crippen LogP contribution is 2.32. The van der Waals surface area contributed by atoms with E-state index in [4.69, 9.17) is 4.74 Å². The number of carbonyl (C=O) groups is 1. The summed E-state index contributed by atoms with van der Waals surface area (Å²) in [6, 6.07) is 7.76. The quantitative estimate of drug-likeness (QED) is 0.651. The highest BCUT2D eigenvalue weighted by molar-refractivity contribution is 5.88. The van der Waals surface area contributed by atoms with Crippen molar-refractivity contribution in [3.8, 4) is 11.5 Å². The van der Waals surface area contributed by atoms with Crippen LogP contribution >= 0.6 is 0 Å². The Bertz CT molecular complexity index is 797. The van der Waals surface area contributed by atoms with Gasteiger partial charge in [0.2, 0.25) is 0 Å². The second-order valence-electron chi connectivity index (χ2n) is 6.45. The average Bonchev–Trinajstić information content (AvgIpc) is 2.49. The number of benzene rings is 1. The molecule has 0 saturated carbocycles. The Balaban J connectivity index is 2.35. The molecule has 0 saturated heterocycles. The highest BCUT2D eigenvalue weighted by Gasteiger charge is 2.28. The standard InChI is InChI=1S/C17H19N3O5/c1-11-5-6-12(19(16(21)22)17(2,3)4)9-14(11)25-13-7-8-15(18-10-13)20(23)24/h5-10H,1-4H3,(H,21,22). The summed E-state index contributed by atoms with van der Waals surface area (Å²) in [5, 5.41) is 20.1. The van der Waals surface area contributed by atoms with Crippen LogP contribution in [0, 0.1) is 17.0 Å². The van der Waals surface area contributed by atoms with E-state index in [1.807, 2.05) is 6.92 Å². The molecule has 1 heterocycles. The van der Waals surface area contributed by atoms with Gasteiger partial charge in [-0.25, -0.2) is 4.79 Å². The van der Waals surface area contributed by atoms with Crippen molar-refractivity contribution in [2.24, 2.45) is 0 Å². The Morgan fingerprint density at radius 1 is 1.28 bits per heavy atom. The molecule has 1 aromatic carbocycles. The summed E-state index contributed by atoms with van der Waals surface area (Å²) in [4.78, 5) is 26.6. The van der Waals surface area contributed by atoms with Crippen molar-refractivity contribution in [3.63, 3.8) is 0 Å². The van der Waals surface area contributed by atoms with Gasteiger partial charge in [-0.05, 0) is 55.3 Å². The van der Waals surface area contributed by atoms with E-state index in [1.54, 1.807) is 39.0 Å². The highest BCUT2D eigenvalue weighted by atomic mass is 16.6. The Hall–Kier alpha value is -3.16. The molecule has 1 amide bonds. The fourth-order valence-corrected chi connectivity index (χ4v) is 2.29. The molecule has 1 N–H and O–H groups in total. The second kappa shape index (κ2) is 6.76. The van der Waals surface area contributed by atoms with Crippen LogP contribution in [0.2, 0.25) is 0 Å². The number of ether oxygens (including phenoxy) is 1. The summed E-state index contributed by atoms with van der Waals surface area (Å²) in [5.74, 6) is 0.495. The van der Waals surface area contributed by atoms with Crippen LogP contribution in [0.1, 0.15) is 26.3 Å². The fourth-order valence-electron chi connectivity index (χ4n) is 2.29. The number of hydrogen-bond donors (Lipinski definition) is 1. The predicted molar refractivity (Wildman–Crippen MR) is 92.4 cm³/mol. The van der Waals surface area contributed by atoms with Crippen LogP contribution in [0.4, 0.5) is 16.3 Å². The van der Waals surface area contributed by atoms with Crippen molar-refractivity contribution in [1.82, 2.24) is 4.98 Å². The third-order valence-electron chi connectivity index (χ3n) is 3.43. The van der Waals surface area contributed by atoms with Crippen LogP contribution in [-0.2, 0) is 0 Å². The van der Waals surface area contributed by atoms with E-state index < -0.39 is 16.6 Å². The molecule has 132 valence electrons. The molecule has 0 fully saturated rings. The maximum Gasteiger partial charge on any atom is 0.412 e. The summed E-state index contributed by atoms with van der Waals surface area (Å²) in [6.45, 7) is 7.20. The van der Waals surface area contributed by atoms with Crippen molar-refractivity contribution < 1.29 is 19.6 Å². The molecule has 0 unspecified atom stereocenters. The molecule has 0 aliphatic heterocycles. The van der Waals surface area contributed by atoms with Crippen LogP contribution in [0.5, 0.6) is 11.5 Å². The van der Waals surface area contributed by atoms with Gasteiger partial charge in [-0.1, -0.05) is 6.07 Å². The molecule has 0 radical (unpaired) electrons.